The third-order valence-electron chi connectivity index (χ3n) is 3.88. The number of hydrogen-bond acceptors (Lipinski definition) is 7. The van der Waals surface area contributed by atoms with E-state index in [2.05, 4.69) is 4.99 Å². The van der Waals surface area contributed by atoms with E-state index in [1.807, 2.05) is 0 Å². The number of benzene rings is 2. The molecule has 2 aromatic rings. The number of esters is 2. The van der Waals surface area contributed by atoms with Gasteiger partial charge in [0.1, 0.15) is 11.5 Å². The molecule has 0 aromatic heterocycles. The van der Waals surface area contributed by atoms with E-state index in [1.165, 1.54) is 27.4 Å². The zero-order valence-corrected chi connectivity index (χ0v) is 15.0. The Morgan fingerprint density at radius 3 is 2.33 bits per heavy atom. The number of nitrogens with zero attached hydrogens (tertiary/aromatic N) is 1. The molecule has 0 unspecified atom stereocenters. The molecule has 0 amide bonds. The standard InChI is InChI=1S/C20H17NO6/c1-24-14-8-13(9-15(11-14)25-2)18-21-17(20(23)27-18)10-12-6-4-5-7-16(12)19(22)26-3/h4-11H,1-3H3. The van der Waals surface area contributed by atoms with Gasteiger partial charge in [0.2, 0.25) is 5.90 Å². The Morgan fingerprint density at radius 2 is 1.70 bits per heavy atom. The van der Waals surface area contributed by atoms with Crippen molar-refractivity contribution in [2.24, 2.45) is 4.99 Å². The van der Waals surface area contributed by atoms with E-state index >= 15 is 0 Å². The molecule has 138 valence electrons. The van der Waals surface area contributed by atoms with Gasteiger partial charge in [0.25, 0.3) is 0 Å². The van der Waals surface area contributed by atoms with Crippen molar-refractivity contribution >= 4 is 23.9 Å². The van der Waals surface area contributed by atoms with E-state index in [1.54, 1.807) is 42.5 Å². The van der Waals surface area contributed by atoms with Crippen LogP contribution in [0.15, 0.2) is 53.2 Å². The summed E-state index contributed by atoms with van der Waals surface area (Å²) in [7, 11) is 4.34. The number of aliphatic imine (C=N–C) groups is 1. The highest BCUT2D eigenvalue weighted by Gasteiger charge is 2.25. The van der Waals surface area contributed by atoms with E-state index < -0.39 is 11.9 Å². The SMILES string of the molecule is COC(=O)c1ccccc1C=C1N=C(c2cc(OC)cc(OC)c2)OC1=O. The van der Waals surface area contributed by atoms with E-state index in [0.717, 1.165) is 0 Å². The van der Waals surface area contributed by atoms with Gasteiger partial charge in [0, 0.05) is 11.6 Å². The molecule has 0 fully saturated rings. The minimum absolute atomic E-state index is 0.0724. The molecule has 7 heteroatoms. The Hall–Kier alpha value is -3.61. The minimum atomic E-state index is -0.619. The van der Waals surface area contributed by atoms with E-state index in [-0.39, 0.29) is 11.6 Å². The quantitative estimate of drug-likeness (QED) is 0.597. The van der Waals surface area contributed by atoms with Crippen LogP contribution in [-0.2, 0) is 14.3 Å². The molecule has 27 heavy (non-hydrogen) atoms. The second-order valence-electron chi connectivity index (χ2n) is 5.52. The average molecular weight is 367 g/mol. The number of rotatable bonds is 5. The van der Waals surface area contributed by atoms with Crippen molar-refractivity contribution in [3.8, 4) is 11.5 Å². The van der Waals surface area contributed by atoms with Gasteiger partial charge in [-0.2, -0.15) is 0 Å². The molecule has 0 radical (unpaired) electrons. The van der Waals surface area contributed by atoms with Crippen LogP contribution in [0, 0.1) is 0 Å². The first-order chi connectivity index (χ1) is 13.0. The summed E-state index contributed by atoms with van der Waals surface area (Å²) >= 11 is 0. The summed E-state index contributed by atoms with van der Waals surface area (Å²) < 4.78 is 20.5. The van der Waals surface area contributed by atoms with Gasteiger partial charge in [-0.3, -0.25) is 0 Å². The fraction of sp³-hybridized carbons (Fsp3) is 0.150. The smallest absolute Gasteiger partial charge is 0.363 e. The van der Waals surface area contributed by atoms with Crippen molar-refractivity contribution < 1.29 is 28.5 Å². The van der Waals surface area contributed by atoms with Gasteiger partial charge in [0.05, 0.1) is 26.9 Å². The Balaban J connectivity index is 2.01. The molecular weight excluding hydrogens is 350 g/mol. The summed E-state index contributed by atoms with van der Waals surface area (Å²) in [6.07, 6.45) is 1.49. The summed E-state index contributed by atoms with van der Waals surface area (Å²) in [5.41, 5.74) is 1.43. The number of carbonyl (C=O) groups is 2. The number of hydrogen-bond donors (Lipinski definition) is 0. The number of cyclic esters (lactones) is 1. The van der Waals surface area contributed by atoms with Crippen LogP contribution in [0.4, 0.5) is 0 Å². The van der Waals surface area contributed by atoms with Crippen LogP contribution in [-0.4, -0.2) is 39.2 Å². The maximum absolute atomic E-state index is 12.2. The van der Waals surface area contributed by atoms with Gasteiger partial charge in [0.15, 0.2) is 5.70 Å². The average Bonchev–Trinajstić information content (AvgIpc) is 3.07. The summed E-state index contributed by atoms with van der Waals surface area (Å²) in [6, 6.07) is 11.8. The van der Waals surface area contributed by atoms with Crippen LogP contribution in [0.5, 0.6) is 11.5 Å². The topological polar surface area (TPSA) is 83.4 Å². The largest absolute Gasteiger partial charge is 0.497 e. The van der Waals surface area contributed by atoms with Crippen LogP contribution in [0.3, 0.4) is 0 Å². The minimum Gasteiger partial charge on any atom is -0.497 e. The predicted octanol–water partition coefficient (Wildman–Crippen LogP) is 2.83. The van der Waals surface area contributed by atoms with E-state index in [0.29, 0.717) is 28.2 Å². The van der Waals surface area contributed by atoms with Crippen LogP contribution in [0.2, 0.25) is 0 Å². The van der Waals surface area contributed by atoms with Gasteiger partial charge in [-0.15, -0.1) is 0 Å². The summed E-state index contributed by atoms with van der Waals surface area (Å²) in [4.78, 5) is 28.4. The van der Waals surface area contributed by atoms with Crippen molar-refractivity contribution in [1.29, 1.82) is 0 Å². The van der Waals surface area contributed by atoms with Crippen molar-refractivity contribution in [3.63, 3.8) is 0 Å². The van der Waals surface area contributed by atoms with Crippen molar-refractivity contribution in [1.82, 2.24) is 0 Å². The van der Waals surface area contributed by atoms with E-state index in [9.17, 15) is 9.59 Å². The van der Waals surface area contributed by atoms with Gasteiger partial charge < -0.3 is 18.9 Å². The van der Waals surface area contributed by atoms with Crippen molar-refractivity contribution in [2.45, 2.75) is 0 Å². The number of methoxy groups -OCH3 is 3. The lowest BCUT2D eigenvalue weighted by Crippen LogP contribution is -2.06. The fourth-order valence-electron chi connectivity index (χ4n) is 2.53. The Morgan fingerprint density at radius 1 is 1.04 bits per heavy atom. The van der Waals surface area contributed by atoms with Crippen molar-refractivity contribution in [3.05, 3.63) is 64.9 Å². The number of ether oxygens (including phenoxy) is 4. The first-order valence-electron chi connectivity index (χ1n) is 7.99. The van der Waals surface area contributed by atoms with Crippen LogP contribution >= 0.6 is 0 Å². The first-order valence-corrected chi connectivity index (χ1v) is 7.99. The van der Waals surface area contributed by atoms with Crippen LogP contribution in [0.25, 0.3) is 6.08 Å². The Labute approximate surface area is 155 Å². The molecule has 0 aliphatic carbocycles. The van der Waals surface area contributed by atoms with Crippen LogP contribution in [0.1, 0.15) is 21.5 Å². The molecule has 0 spiro atoms. The molecule has 0 atom stereocenters. The molecule has 0 saturated carbocycles. The highest BCUT2D eigenvalue weighted by Crippen LogP contribution is 2.27. The zero-order valence-electron chi connectivity index (χ0n) is 15.0. The molecule has 3 rings (SSSR count). The molecule has 1 heterocycles. The predicted molar refractivity (Wildman–Crippen MR) is 97.9 cm³/mol. The summed E-state index contributed by atoms with van der Waals surface area (Å²) in [6.45, 7) is 0. The molecule has 7 nitrogen and oxygen atoms in total. The first kappa shape index (κ1) is 18.2. The lowest BCUT2D eigenvalue weighted by atomic mass is 10.1. The molecular formula is C20H17NO6. The van der Waals surface area contributed by atoms with Gasteiger partial charge in [-0.25, -0.2) is 14.6 Å². The monoisotopic (exact) mass is 367 g/mol. The molecule has 0 saturated heterocycles. The Bertz CT molecular complexity index is 938. The lowest BCUT2D eigenvalue weighted by molar-refractivity contribution is -0.129. The maximum Gasteiger partial charge on any atom is 0.363 e. The highest BCUT2D eigenvalue weighted by atomic mass is 16.6. The van der Waals surface area contributed by atoms with Crippen molar-refractivity contribution in [2.75, 3.05) is 21.3 Å². The third-order valence-corrected chi connectivity index (χ3v) is 3.88. The highest BCUT2D eigenvalue weighted by molar-refractivity contribution is 6.13. The normalized spacial score (nSPS) is 14.6. The van der Waals surface area contributed by atoms with Crippen LogP contribution < -0.4 is 9.47 Å². The zero-order chi connectivity index (χ0) is 19.4. The van der Waals surface area contributed by atoms with Gasteiger partial charge in [-0.05, 0) is 29.8 Å². The second-order valence-corrected chi connectivity index (χ2v) is 5.52. The van der Waals surface area contributed by atoms with Gasteiger partial charge in [-0.1, -0.05) is 18.2 Å². The molecule has 1 aliphatic heterocycles. The third kappa shape index (κ3) is 3.82. The van der Waals surface area contributed by atoms with E-state index in [4.69, 9.17) is 18.9 Å². The molecule has 1 aliphatic rings. The molecule has 2 aromatic carbocycles. The second kappa shape index (κ2) is 7.74. The Kier molecular flexibility index (Phi) is 5.21. The lowest BCUT2D eigenvalue weighted by Gasteiger charge is -2.07. The summed E-state index contributed by atoms with van der Waals surface area (Å²) in [5, 5.41) is 0. The summed E-state index contributed by atoms with van der Waals surface area (Å²) in [5.74, 6) is 0.0779. The molecule has 0 N–H and O–H groups in total. The molecule has 0 bridgehead atoms. The number of carbonyl (C=O) groups excluding carboxylic acids is 2. The van der Waals surface area contributed by atoms with Gasteiger partial charge >= 0.3 is 11.9 Å². The fourth-order valence-corrected chi connectivity index (χ4v) is 2.53. The maximum atomic E-state index is 12.2.